The maximum absolute atomic E-state index is 12.2. The zero-order valence-corrected chi connectivity index (χ0v) is 12.5. The van der Waals surface area contributed by atoms with Crippen molar-refractivity contribution in [2.24, 2.45) is 11.7 Å². The molecule has 2 unspecified atom stereocenters. The second-order valence-corrected chi connectivity index (χ2v) is 6.09. The highest BCUT2D eigenvalue weighted by atomic mass is 16.2. The fourth-order valence-corrected chi connectivity index (χ4v) is 2.34. The van der Waals surface area contributed by atoms with Crippen LogP contribution in [-0.4, -0.2) is 66.4 Å². The summed E-state index contributed by atoms with van der Waals surface area (Å²) in [5.74, 6) is 0.0954. The summed E-state index contributed by atoms with van der Waals surface area (Å²) in [4.78, 5) is 27.9. The first kappa shape index (κ1) is 15.3. The van der Waals surface area contributed by atoms with Crippen LogP contribution in [0, 0.1) is 5.92 Å². The molecule has 0 aromatic rings. The number of hydrogen-bond donors (Lipinski definition) is 2. The number of carbonyl (C=O) groups excluding carboxylic acids is 2. The minimum absolute atomic E-state index is 0.108. The van der Waals surface area contributed by atoms with E-state index in [0.717, 1.165) is 25.9 Å². The summed E-state index contributed by atoms with van der Waals surface area (Å²) in [6, 6.07) is 0.294. The lowest BCUT2D eigenvalue weighted by Gasteiger charge is -2.36. The number of piperazine rings is 1. The van der Waals surface area contributed by atoms with Crippen molar-refractivity contribution >= 4 is 11.8 Å². The lowest BCUT2D eigenvalue weighted by molar-refractivity contribution is -0.137. The summed E-state index contributed by atoms with van der Waals surface area (Å²) < 4.78 is 0. The molecule has 0 aromatic carbocycles. The zero-order chi connectivity index (χ0) is 14.7. The van der Waals surface area contributed by atoms with Crippen molar-refractivity contribution in [3.63, 3.8) is 0 Å². The van der Waals surface area contributed by atoms with E-state index in [1.54, 1.807) is 0 Å². The first-order valence-electron chi connectivity index (χ1n) is 7.53. The van der Waals surface area contributed by atoms with E-state index in [-0.39, 0.29) is 23.8 Å². The Kier molecular flexibility index (Phi) is 4.99. The predicted molar refractivity (Wildman–Crippen MR) is 77.0 cm³/mol. The smallest absolute Gasteiger partial charge is 0.234 e. The molecule has 1 saturated heterocycles. The minimum atomic E-state index is -0.139. The van der Waals surface area contributed by atoms with Gasteiger partial charge in [-0.15, -0.1) is 0 Å². The number of carbonyl (C=O) groups is 2. The van der Waals surface area contributed by atoms with E-state index in [0.29, 0.717) is 25.7 Å². The van der Waals surface area contributed by atoms with E-state index >= 15 is 0 Å². The molecule has 0 radical (unpaired) electrons. The second-order valence-electron chi connectivity index (χ2n) is 6.09. The first-order chi connectivity index (χ1) is 9.47. The molecule has 20 heavy (non-hydrogen) atoms. The standard InChI is InChI=1S/C14H26N4O2/c1-10(11(2)15)14(20)18-7-5-17(6-8-18)9-13(19)16-12-3-4-12/h10-12H,3-9,15H2,1-2H3,(H,16,19). The van der Waals surface area contributed by atoms with Crippen LogP contribution in [-0.2, 0) is 9.59 Å². The van der Waals surface area contributed by atoms with Crippen LogP contribution in [0.4, 0.5) is 0 Å². The number of rotatable bonds is 5. The van der Waals surface area contributed by atoms with Crippen molar-refractivity contribution in [3.05, 3.63) is 0 Å². The van der Waals surface area contributed by atoms with Gasteiger partial charge in [0.1, 0.15) is 0 Å². The molecule has 1 saturated carbocycles. The Bertz CT molecular complexity index is 360. The van der Waals surface area contributed by atoms with Crippen LogP contribution in [0.25, 0.3) is 0 Å². The molecule has 0 spiro atoms. The molecule has 114 valence electrons. The monoisotopic (exact) mass is 282 g/mol. The summed E-state index contributed by atoms with van der Waals surface area (Å²) in [5, 5.41) is 2.99. The Balaban J connectivity index is 1.71. The number of nitrogens with one attached hydrogen (secondary N) is 1. The molecule has 2 fully saturated rings. The summed E-state index contributed by atoms with van der Waals surface area (Å²) in [5.41, 5.74) is 5.78. The molecule has 2 amide bonds. The van der Waals surface area contributed by atoms with E-state index in [1.165, 1.54) is 0 Å². The Hall–Kier alpha value is -1.14. The molecule has 6 nitrogen and oxygen atoms in total. The van der Waals surface area contributed by atoms with Crippen LogP contribution in [0.15, 0.2) is 0 Å². The Morgan fingerprint density at radius 1 is 1.20 bits per heavy atom. The minimum Gasteiger partial charge on any atom is -0.352 e. The SMILES string of the molecule is CC(N)C(C)C(=O)N1CCN(CC(=O)NC2CC2)CC1. The van der Waals surface area contributed by atoms with Gasteiger partial charge in [-0.2, -0.15) is 0 Å². The number of nitrogens with two attached hydrogens (primary N) is 1. The molecule has 3 N–H and O–H groups in total. The van der Waals surface area contributed by atoms with Gasteiger partial charge < -0.3 is 16.0 Å². The fraction of sp³-hybridized carbons (Fsp3) is 0.857. The van der Waals surface area contributed by atoms with Crippen LogP contribution in [0.1, 0.15) is 26.7 Å². The Labute approximate surface area is 120 Å². The van der Waals surface area contributed by atoms with Crippen molar-refractivity contribution in [2.75, 3.05) is 32.7 Å². The van der Waals surface area contributed by atoms with E-state index in [1.807, 2.05) is 18.7 Å². The lowest BCUT2D eigenvalue weighted by atomic mass is 10.0. The summed E-state index contributed by atoms with van der Waals surface area (Å²) >= 11 is 0. The molecule has 2 atom stereocenters. The fourth-order valence-electron chi connectivity index (χ4n) is 2.34. The number of amides is 2. The van der Waals surface area contributed by atoms with Crippen LogP contribution < -0.4 is 11.1 Å². The van der Waals surface area contributed by atoms with Gasteiger partial charge in [0.05, 0.1) is 12.5 Å². The highest BCUT2D eigenvalue weighted by Crippen LogP contribution is 2.18. The quantitative estimate of drug-likeness (QED) is 0.705. The van der Waals surface area contributed by atoms with Crippen molar-refractivity contribution in [2.45, 2.75) is 38.8 Å². The summed E-state index contributed by atoms with van der Waals surface area (Å²) in [7, 11) is 0. The van der Waals surface area contributed by atoms with E-state index < -0.39 is 0 Å². The van der Waals surface area contributed by atoms with Crippen molar-refractivity contribution < 1.29 is 9.59 Å². The van der Waals surface area contributed by atoms with Gasteiger partial charge in [-0.3, -0.25) is 14.5 Å². The van der Waals surface area contributed by atoms with Crippen molar-refractivity contribution in [1.82, 2.24) is 15.1 Å². The van der Waals surface area contributed by atoms with Gasteiger partial charge in [-0.1, -0.05) is 6.92 Å². The highest BCUT2D eigenvalue weighted by molar-refractivity contribution is 5.80. The van der Waals surface area contributed by atoms with Crippen LogP contribution in [0.3, 0.4) is 0 Å². The molecule has 1 heterocycles. The largest absolute Gasteiger partial charge is 0.352 e. The highest BCUT2D eigenvalue weighted by Gasteiger charge is 2.28. The Morgan fingerprint density at radius 3 is 2.30 bits per heavy atom. The molecule has 0 bridgehead atoms. The van der Waals surface area contributed by atoms with E-state index in [2.05, 4.69) is 10.2 Å². The normalized spacial score (nSPS) is 23.2. The van der Waals surface area contributed by atoms with Gasteiger partial charge in [-0.25, -0.2) is 0 Å². The van der Waals surface area contributed by atoms with Gasteiger partial charge in [-0.05, 0) is 19.8 Å². The number of hydrogen-bond acceptors (Lipinski definition) is 4. The van der Waals surface area contributed by atoms with Gasteiger partial charge in [0, 0.05) is 38.3 Å². The maximum Gasteiger partial charge on any atom is 0.234 e. The third-order valence-corrected chi connectivity index (χ3v) is 4.17. The Morgan fingerprint density at radius 2 is 1.80 bits per heavy atom. The molecule has 1 aliphatic heterocycles. The van der Waals surface area contributed by atoms with Crippen LogP contribution in [0.2, 0.25) is 0 Å². The maximum atomic E-state index is 12.2. The summed E-state index contributed by atoms with van der Waals surface area (Å²) in [6.45, 7) is 7.08. The number of nitrogens with zero attached hydrogens (tertiary/aromatic N) is 2. The summed E-state index contributed by atoms with van der Waals surface area (Å²) in [6.07, 6.45) is 2.23. The third-order valence-electron chi connectivity index (χ3n) is 4.17. The van der Waals surface area contributed by atoms with Gasteiger partial charge in [0.15, 0.2) is 0 Å². The molecule has 2 aliphatic rings. The average Bonchev–Trinajstić information content (AvgIpc) is 3.21. The van der Waals surface area contributed by atoms with Gasteiger partial charge in [0.2, 0.25) is 11.8 Å². The topological polar surface area (TPSA) is 78.7 Å². The lowest BCUT2D eigenvalue weighted by Crippen LogP contribution is -2.53. The average molecular weight is 282 g/mol. The van der Waals surface area contributed by atoms with Gasteiger partial charge in [0.25, 0.3) is 0 Å². The van der Waals surface area contributed by atoms with Gasteiger partial charge >= 0.3 is 0 Å². The van der Waals surface area contributed by atoms with Crippen molar-refractivity contribution in [1.29, 1.82) is 0 Å². The first-order valence-corrected chi connectivity index (χ1v) is 7.53. The second kappa shape index (κ2) is 6.54. The molecular weight excluding hydrogens is 256 g/mol. The molecular formula is C14H26N4O2. The predicted octanol–water partition coefficient (Wildman–Crippen LogP) is -0.607. The molecule has 1 aliphatic carbocycles. The zero-order valence-electron chi connectivity index (χ0n) is 12.5. The molecule has 0 aromatic heterocycles. The molecule has 2 rings (SSSR count). The molecule has 6 heteroatoms. The third kappa shape index (κ3) is 4.18. The van der Waals surface area contributed by atoms with Crippen LogP contribution in [0.5, 0.6) is 0 Å². The van der Waals surface area contributed by atoms with Crippen molar-refractivity contribution in [3.8, 4) is 0 Å². The van der Waals surface area contributed by atoms with E-state index in [4.69, 9.17) is 5.73 Å². The van der Waals surface area contributed by atoms with Crippen LogP contribution >= 0.6 is 0 Å². The van der Waals surface area contributed by atoms with E-state index in [9.17, 15) is 9.59 Å².